The third-order valence-corrected chi connectivity index (χ3v) is 6.28. The lowest BCUT2D eigenvalue weighted by molar-refractivity contribution is -0.133. The van der Waals surface area contributed by atoms with Gasteiger partial charge in [0.1, 0.15) is 6.04 Å². The first-order valence-corrected chi connectivity index (χ1v) is 10.7. The van der Waals surface area contributed by atoms with Crippen LogP contribution in [-0.2, 0) is 4.79 Å². The lowest BCUT2D eigenvalue weighted by atomic mass is 9.94. The maximum Gasteiger partial charge on any atom is 0.244 e. The van der Waals surface area contributed by atoms with E-state index in [9.17, 15) is 4.79 Å². The number of hydrogen-bond acceptors (Lipinski definition) is 4. The van der Waals surface area contributed by atoms with Crippen LogP contribution in [0, 0.1) is 0 Å². The normalized spacial score (nSPS) is 20.3. The van der Waals surface area contributed by atoms with Crippen LogP contribution in [0.4, 0.5) is 11.4 Å². The average Bonchev–Trinajstić information content (AvgIpc) is 2.74. The van der Waals surface area contributed by atoms with Gasteiger partial charge in [0, 0.05) is 50.6 Å². The van der Waals surface area contributed by atoms with Crippen molar-refractivity contribution >= 4 is 17.3 Å². The average molecular weight is 373 g/mol. The van der Waals surface area contributed by atoms with E-state index in [4.69, 9.17) is 0 Å². The Balaban J connectivity index is 1.52. The van der Waals surface area contributed by atoms with E-state index in [1.165, 1.54) is 24.9 Å². The number of likely N-dealkylation sites (N-methyl/N-ethyl adjacent to an activating group) is 2. The van der Waals surface area contributed by atoms with Crippen LogP contribution in [0.15, 0.2) is 24.3 Å². The minimum atomic E-state index is -0.198. The summed E-state index contributed by atoms with van der Waals surface area (Å²) in [7, 11) is 1.97. The standard InChI is InChI=1S/C22H36N4O/c1-4-25-14-16-26(17-15-25)21-12-10-19(11-13-21)23-18(2)22(27)24(3)20-8-6-5-7-9-20/h10-13,18,20,23H,4-9,14-17H2,1-3H3/t18-/m0/s1. The predicted molar refractivity (Wildman–Crippen MR) is 113 cm³/mol. The predicted octanol–water partition coefficient (Wildman–Crippen LogP) is 3.42. The molecule has 27 heavy (non-hydrogen) atoms. The van der Waals surface area contributed by atoms with Crippen molar-refractivity contribution in [1.82, 2.24) is 9.80 Å². The molecule has 0 radical (unpaired) electrons. The van der Waals surface area contributed by atoms with Crippen molar-refractivity contribution in [2.45, 2.75) is 58.0 Å². The highest BCUT2D eigenvalue weighted by Gasteiger charge is 2.25. The molecule has 1 aromatic carbocycles. The summed E-state index contributed by atoms with van der Waals surface area (Å²) in [6, 6.07) is 8.77. The number of benzene rings is 1. The highest BCUT2D eigenvalue weighted by molar-refractivity contribution is 5.84. The van der Waals surface area contributed by atoms with Gasteiger partial charge in [-0.05, 0) is 50.6 Å². The van der Waals surface area contributed by atoms with E-state index in [1.54, 1.807) is 0 Å². The fourth-order valence-electron chi connectivity index (χ4n) is 4.36. The molecule has 2 fully saturated rings. The lowest BCUT2D eigenvalue weighted by Crippen LogP contribution is -2.46. The molecule has 0 bridgehead atoms. The molecule has 2 aliphatic rings. The number of rotatable bonds is 6. The summed E-state index contributed by atoms with van der Waals surface area (Å²) in [5.41, 5.74) is 2.29. The van der Waals surface area contributed by atoms with Gasteiger partial charge in [-0.25, -0.2) is 0 Å². The van der Waals surface area contributed by atoms with Gasteiger partial charge >= 0.3 is 0 Å². The third-order valence-electron chi connectivity index (χ3n) is 6.28. The van der Waals surface area contributed by atoms with E-state index in [1.807, 2.05) is 18.9 Å². The zero-order chi connectivity index (χ0) is 19.2. The van der Waals surface area contributed by atoms with Gasteiger partial charge < -0.3 is 20.0 Å². The number of piperazine rings is 1. The molecule has 3 rings (SSSR count). The second-order valence-corrected chi connectivity index (χ2v) is 8.08. The quantitative estimate of drug-likeness (QED) is 0.830. The highest BCUT2D eigenvalue weighted by atomic mass is 16.2. The Morgan fingerprint density at radius 1 is 1.11 bits per heavy atom. The van der Waals surface area contributed by atoms with Crippen LogP contribution >= 0.6 is 0 Å². The summed E-state index contributed by atoms with van der Waals surface area (Å²) in [6.45, 7) is 9.77. The van der Waals surface area contributed by atoms with E-state index in [2.05, 4.69) is 46.3 Å². The lowest BCUT2D eigenvalue weighted by Gasteiger charge is -2.35. The van der Waals surface area contributed by atoms with Crippen molar-refractivity contribution in [1.29, 1.82) is 0 Å². The van der Waals surface area contributed by atoms with E-state index in [-0.39, 0.29) is 11.9 Å². The molecule has 0 spiro atoms. The van der Waals surface area contributed by atoms with Crippen LogP contribution in [0.2, 0.25) is 0 Å². The van der Waals surface area contributed by atoms with Gasteiger partial charge in [0.2, 0.25) is 5.91 Å². The molecule has 5 heteroatoms. The number of nitrogens with zero attached hydrogens (tertiary/aromatic N) is 3. The first-order chi connectivity index (χ1) is 13.1. The van der Waals surface area contributed by atoms with E-state index in [0.29, 0.717) is 6.04 Å². The fourth-order valence-corrected chi connectivity index (χ4v) is 4.36. The summed E-state index contributed by atoms with van der Waals surface area (Å²) < 4.78 is 0. The van der Waals surface area contributed by atoms with Crippen molar-refractivity contribution < 1.29 is 4.79 Å². The van der Waals surface area contributed by atoms with Crippen LogP contribution in [-0.4, -0.2) is 67.6 Å². The molecular formula is C22H36N4O. The first kappa shape index (κ1) is 20.0. The summed E-state index contributed by atoms with van der Waals surface area (Å²) >= 11 is 0. The zero-order valence-electron chi connectivity index (χ0n) is 17.3. The Kier molecular flexibility index (Phi) is 7.00. The molecule has 5 nitrogen and oxygen atoms in total. The first-order valence-electron chi connectivity index (χ1n) is 10.7. The minimum absolute atomic E-state index is 0.196. The molecule has 1 saturated heterocycles. The van der Waals surface area contributed by atoms with Crippen LogP contribution in [0.25, 0.3) is 0 Å². The van der Waals surface area contributed by atoms with Crippen molar-refractivity contribution in [2.24, 2.45) is 0 Å². The number of carbonyl (C=O) groups is 1. The Hall–Kier alpha value is -1.75. The Morgan fingerprint density at radius 2 is 1.74 bits per heavy atom. The second kappa shape index (κ2) is 9.45. The Bertz CT molecular complexity index is 589. The number of amides is 1. The molecule has 1 aliphatic heterocycles. The largest absolute Gasteiger partial charge is 0.374 e. The molecule has 150 valence electrons. The summed E-state index contributed by atoms with van der Waals surface area (Å²) in [5.74, 6) is 0.196. The van der Waals surface area contributed by atoms with E-state index in [0.717, 1.165) is 51.3 Å². The third kappa shape index (κ3) is 5.16. The van der Waals surface area contributed by atoms with E-state index < -0.39 is 0 Å². The smallest absolute Gasteiger partial charge is 0.244 e. The van der Waals surface area contributed by atoms with Crippen LogP contribution in [0.3, 0.4) is 0 Å². The summed E-state index contributed by atoms with van der Waals surface area (Å²) in [4.78, 5) is 19.7. The number of hydrogen-bond donors (Lipinski definition) is 1. The maximum atomic E-state index is 12.8. The molecular weight excluding hydrogens is 336 g/mol. The molecule has 1 saturated carbocycles. The number of nitrogens with one attached hydrogen (secondary N) is 1. The van der Waals surface area contributed by atoms with Crippen LogP contribution < -0.4 is 10.2 Å². The van der Waals surface area contributed by atoms with Gasteiger partial charge in [0.15, 0.2) is 0 Å². The molecule has 1 N–H and O–H groups in total. The summed E-state index contributed by atoms with van der Waals surface area (Å²) in [6.07, 6.45) is 6.10. The van der Waals surface area contributed by atoms with Gasteiger partial charge in [-0.15, -0.1) is 0 Å². The Labute approximate surface area is 164 Å². The minimum Gasteiger partial charge on any atom is -0.374 e. The molecule has 0 aromatic heterocycles. The van der Waals surface area contributed by atoms with Crippen molar-refractivity contribution in [3.05, 3.63) is 24.3 Å². The topological polar surface area (TPSA) is 38.8 Å². The van der Waals surface area contributed by atoms with Crippen molar-refractivity contribution in [3.63, 3.8) is 0 Å². The van der Waals surface area contributed by atoms with E-state index >= 15 is 0 Å². The van der Waals surface area contributed by atoms with Crippen molar-refractivity contribution in [2.75, 3.05) is 50.0 Å². The molecule has 0 unspecified atom stereocenters. The molecule has 1 amide bonds. The number of carbonyl (C=O) groups excluding carboxylic acids is 1. The molecule has 1 heterocycles. The number of anilines is 2. The highest BCUT2D eigenvalue weighted by Crippen LogP contribution is 2.23. The molecule has 1 aliphatic carbocycles. The van der Waals surface area contributed by atoms with Gasteiger partial charge in [-0.1, -0.05) is 26.2 Å². The maximum absolute atomic E-state index is 12.8. The monoisotopic (exact) mass is 372 g/mol. The van der Waals surface area contributed by atoms with Gasteiger partial charge in [0.25, 0.3) is 0 Å². The van der Waals surface area contributed by atoms with Crippen molar-refractivity contribution in [3.8, 4) is 0 Å². The summed E-state index contributed by atoms with van der Waals surface area (Å²) in [5, 5.41) is 3.39. The van der Waals surface area contributed by atoms with Gasteiger partial charge in [-0.3, -0.25) is 4.79 Å². The van der Waals surface area contributed by atoms with Gasteiger partial charge in [-0.2, -0.15) is 0 Å². The SMILES string of the molecule is CCN1CCN(c2ccc(N[C@@H](C)C(=O)N(C)C3CCCCC3)cc2)CC1. The van der Waals surface area contributed by atoms with Gasteiger partial charge in [0.05, 0.1) is 0 Å². The molecule has 1 atom stereocenters. The van der Waals surface area contributed by atoms with Crippen LogP contribution in [0.1, 0.15) is 46.0 Å². The zero-order valence-corrected chi connectivity index (χ0v) is 17.3. The fraction of sp³-hybridized carbons (Fsp3) is 0.682. The second-order valence-electron chi connectivity index (χ2n) is 8.08. The molecule has 1 aromatic rings. The van der Waals surface area contributed by atoms with Crippen LogP contribution in [0.5, 0.6) is 0 Å². The Morgan fingerprint density at radius 3 is 2.33 bits per heavy atom.